The molecule has 0 aliphatic rings. The number of aryl methyl sites for hydroxylation is 1. The minimum Gasteiger partial charge on any atom is -0.493 e. The maximum atomic E-state index is 13.1. The highest BCUT2D eigenvalue weighted by molar-refractivity contribution is 5.92. The lowest BCUT2D eigenvalue weighted by atomic mass is 10.0. The van der Waals surface area contributed by atoms with Crippen molar-refractivity contribution in [2.45, 2.75) is 38.8 Å². The number of carbonyl (C=O) groups excluding carboxylic acids is 1. The number of benzene rings is 1. The summed E-state index contributed by atoms with van der Waals surface area (Å²) in [6.45, 7) is 2.16. The van der Waals surface area contributed by atoms with E-state index in [9.17, 15) is 18.0 Å². The van der Waals surface area contributed by atoms with Crippen molar-refractivity contribution in [2.75, 3.05) is 18.6 Å². The molecule has 30 heavy (non-hydrogen) atoms. The predicted molar refractivity (Wildman–Crippen MR) is 105 cm³/mol. The summed E-state index contributed by atoms with van der Waals surface area (Å²) in [6.07, 6.45) is 0.559. The van der Waals surface area contributed by atoms with Crippen LogP contribution in [0.1, 0.15) is 37.4 Å². The van der Waals surface area contributed by atoms with Crippen LogP contribution in [0.5, 0.6) is 5.75 Å². The molecule has 0 N–H and O–H groups in total. The Hall–Kier alpha value is -3.10. The molecule has 2 aromatic heterocycles. The zero-order chi connectivity index (χ0) is 21.7. The summed E-state index contributed by atoms with van der Waals surface area (Å²) in [5.41, 5.74) is 0.358. The SMILES string of the molecule is CCCc1c(OCCCC(=O)N(C)c2ccncc2)ccc2c(C(F)(F)F)noc12. The van der Waals surface area contributed by atoms with Crippen molar-refractivity contribution in [1.82, 2.24) is 10.1 Å². The lowest BCUT2D eigenvalue weighted by molar-refractivity contribution is -0.141. The maximum absolute atomic E-state index is 13.1. The van der Waals surface area contributed by atoms with Gasteiger partial charge in [0.2, 0.25) is 5.91 Å². The normalized spacial score (nSPS) is 11.6. The largest absolute Gasteiger partial charge is 0.493 e. The standard InChI is InChI=1S/C21H22F3N3O3/c1-3-5-15-17(8-7-16-19(15)30-26-20(16)21(22,23)24)29-13-4-6-18(28)27(2)14-9-11-25-12-10-14/h7-12H,3-6,13H2,1-2H3. The van der Waals surface area contributed by atoms with Crippen molar-refractivity contribution in [1.29, 1.82) is 0 Å². The molecule has 2 heterocycles. The molecule has 1 amide bonds. The van der Waals surface area contributed by atoms with Crippen molar-refractivity contribution in [3.8, 4) is 5.75 Å². The highest BCUT2D eigenvalue weighted by Gasteiger charge is 2.37. The minimum atomic E-state index is -4.59. The summed E-state index contributed by atoms with van der Waals surface area (Å²) in [5.74, 6) is 0.378. The number of nitrogens with zero attached hydrogens (tertiary/aromatic N) is 3. The molecular weight excluding hydrogens is 399 g/mol. The molecule has 0 atom stereocenters. The maximum Gasteiger partial charge on any atom is 0.437 e. The molecule has 0 aliphatic heterocycles. The molecule has 160 valence electrons. The number of anilines is 1. The molecule has 3 aromatic rings. The van der Waals surface area contributed by atoms with Crippen molar-refractivity contribution < 1.29 is 27.2 Å². The third-order valence-electron chi connectivity index (χ3n) is 4.69. The van der Waals surface area contributed by atoms with E-state index in [2.05, 4.69) is 10.1 Å². The van der Waals surface area contributed by atoms with Crippen LogP contribution in [-0.2, 0) is 17.4 Å². The van der Waals surface area contributed by atoms with Crippen molar-refractivity contribution in [3.05, 3.63) is 47.9 Å². The van der Waals surface area contributed by atoms with Gasteiger partial charge in [-0.1, -0.05) is 18.5 Å². The number of hydrogen-bond acceptors (Lipinski definition) is 5. The molecule has 3 rings (SSSR count). The van der Waals surface area contributed by atoms with Gasteiger partial charge in [-0.3, -0.25) is 9.78 Å². The van der Waals surface area contributed by atoms with E-state index in [4.69, 9.17) is 9.26 Å². The van der Waals surface area contributed by atoms with Gasteiger partial charge in [0.15, 0.2) is 11.3 Å². The van der Waals surface area contributed by atoms with Gasteiger partial charge in [-0.15, -0.1) is 0 Å². The van der Waals surface area contributed by atoms with E-state index in [0.29, 0.717) is 30.6 Å². The fourth-order valence-electron chi connectivity index (χ4n) is 3.15. The van der Waals surface area contributed by atoms with Crippen molar-refractivity contribution in [2.24, 2.45) is 0 Å². The zero-order valence-corrected chi connectivity index (χ0v) is 16.7. The zero-order valence-electron chi connectivity index (χ0n) is 16.7. The van der Waals surface area contributed by atoms with Gasteiger partial charge in [0, 0.05) is 37.1 Å². The Morgan fingerprint density at radius 2 is 1.93 bits per heavy atom. The number of amides is 1. The van der Waals surface area contributed by atoms with E-state index in [1.165, 1.54) is 12.1 Å². The van der Waals surface area contributed by atoms with Crippen LogP contribution in [0.15, 0.2) is 41.2 Å². The van der Waals surface area contributed by atoms with Crippen LogP contribution in [0.4, 0.5) is 18.9 Å². The number of rotatable bonds is 8. The number of ether oxygens (including phenoxy) is 1. The topological polar surface area (TPSA) is 68.5 Å². The van der Waals surface area contributed by atoms with E-state index in [1.54, 1.807) is 36.5 Å². The van der Waals surface area contributed by atoms with Crippen LogP contribution in [0, 0.1) is 0 Å². The fourth-order valence-corrected chi connectivity index (χ4v) is 3.15. The number of hydrogen-bond donors (Lipinski definition) is 0. The number of aromatic nitrogens is 2. The van der Waals surface area contributed by atoms with Gasteiger partial charge in [-0.25, -0.2) is 0 Å². The molecule has 0 spiro atoms. The average Bonchev–Trinajstić information content (AvgIpc) is 3.17. The van der Waals surface area contributed by atoms with E-state index in [0.717, 1.165) is 5.69 Å². The Kier molecular flexibility index (Phi) is 6.59. The van der Waals surface area contributed by atoms with Crippen LogP contribution in [0.2, 0.25) is 0 Å². The summed E-state index contributed by atoms with van der Waals surface area (Å²) in [5, 5.41) is 3.13. The molecule has 0 saturated heterocycles. The molecule has 0 saturated carbocycles. The molecule has 0 radical (unpaired) electrons. The van der Waals surface area contributed by atoms with Gasteiger partial charge >= 0.3 is 6.18 Å². The highest BCUT2D eigenvalue weighted by atomic mass is 19.4. The second kappa shape index (κ2) is 9.15. The Morgan fingerprint density at radius 1 is 1.20 bits per heavy atom. The smallest absolute Gasteiger partial charge is 0.437 e. The summed E-state index contributed by atoms with van der Waals surface area (Å²) < 4.78 is 50.1. The second-order valence-corrected chi connectivity index (χ2v) is 6.81. The molecule has 0 bridgehead atoms. The summed E-state index contributed by atoms with van der Waals surface area (Å²) >= 11 is 0. The number of halogens is 3. The Labute approximate surface area is 171 Å². The van der Waals surface area contributed by atoms with Crippen LogP contribution < -0.4 is 9.64 Å². The van der Waals surface area contributed by atoms with E-state index >= 15 is 0 Å². The Balaban J connectivity index is 1.66. The van der Waals surface area contributed by atoms with Gasteiger partial charge in [0.1, 0.15) is 5.75 Å². The van der Waals surface area contributed by atoms with E-state index in [1.807, 2.05) is 6.92 Å². The summed E-state index contributed by atoms with van der Waals surface area (Å²) in [7, 11) is 1.69. The third-order valence-corrected chi connectivity index (χ3v) is 4.69. The lowest BCUT2D eigenvalue weighted by Crippen LogP contribution is -2.26. The van der Waals surface area contributed by atoms with Crippen LogP contribution in [0.3, 0.4) is 0 Å². The first kappa shape index (κ1) is 21.6. The first-order valence-electron chi connectivity index (χ1n) is 9.60. The van der Waals surface area contributed by atoms with Crippen molar-refractivity contribution >= 4 is 22.6 Å². The molecule has 0 aliphatic carbocycles. The highest BCUT2D eigenvalue weighted by Crippen LogP contribution is 2.38. The summed E-state index contributed by atoms with van der Waals surface area (Å²) in [4.78, 5) is 17.8. The fraction of sp³-hybridized carbons (Fsp3) is 0.381. The average molecular weight is 421 g/mol. The Bertz CT molecular complexity index is 1000. The van der Waals surface area contributed by atoms with E-state index < -0.39 is 11.9 Å². The minimum absolute atomic E-state index is 0.0703. The van der Waals surface area contributed by atoms with Gasteiger partial charge < -0.3 is 14.2 Å². The number of fused-ring (bicyclic) bond motifs is 1. The monoisotopic (exact) mass is 421 g/mol. The van der Waals surface area contributed by atoms with Gasteiger partial charge in [0.05, 0.1) is 12.0 Å². The Morgan fingerprint density at radius 3 is 2.60 bits per heavy atom. The molecule has 1 aromatic carbocycles. The molecule has 0 fully saturated rings. The predicted octanol–water partition coefficient (Wildman–Crippen LogP) is 5.02. The summed E-state index contributed by atoms with van der Waals surface area (Å²) in [6, 6.07) is 6.30. The van der Waals surface area contributed by atoms with E-state index in [-0.39, 0.29) is 29.9 Å². The van der Waals surface area contributed by atoms with Gasteiger partial charge in [-0.05, 0) is 37.1 Å². The molecule has 9 heteroatoms. The number of alkyl halides is 3. The van der Waals surface area contributed by atoms with Crippen LogP contribution in [-0.4, -0.2) is 29.7 Å². The first-order chi connectivity index (χ1) is 14.3. The molecular formula is C21H22F3N3O3. The van der Waals surface area contributed by atoms with Gasteiger partial charge in [0.25, 0.3) is 0 Å². The van der Waals surface area contributed by atoms with Crippen LogP contribution in [0.25, 0.3) is 11.0 Å². The molecule has 6 nitrogen and oxygen atoms in total. The van der Waals surface area contributed by atoms with Crippen LogP contribution >= 0.6 is 0 Å². The first-order valence-corrected chi connectivity index (χ1v) is 9.60. The van der Waals surface area contributed by atoms with Gasteiger partial charge in [-0.2, -0.15) is 13.2 Å². The number of carbonyl (C=O) groups is 1. The molecule has 0 unspecified atom stereocenters. The number of pyridine rings is 1. The lowest BCUT2D eigenvalue weighted by Gasteiger charge is -2.17. The quantitative estimate of drug-likeness (QED) is 0.478. The van der Waals surface area contributed by atoms with Crippen molar-refractivity contribution in [3.63, 3.8) is 0 Å². The third kappa shape index (κ3) is 4.72. The second-order valence-electron chi connectivity index (χ2n) is 6.81.